The van der Waals surface area contributed by atoms with Gasteiger partial charge < -0.3 is 4.74 Å². The lowest BCUT2D eigenvalue weighted by atomic mass is 9.90. The highest BCUT2D eigenvalue weighted by molar-refractivity contribution is 9.10. The number of rotatable bonds is 4. The molecular weight excluding hydrogens is 496 g/mol. The number of carbonyl (C=O) groups is 2. The van der Waals surface area contributed by atoms with Crippen LogP contribution >= 0.6 is 27.5 Å². The third-order valence-electron chi connectivity index (χ3n) is 5.71. The number of hydroxylamine groups is 1. The van der Waals surface area contributed by atoms with Crippen LogP contribution in [0.5, 0.6) is 5.75 Å². The first-order valence-electron chi connectivity index (χ1n) is 9.97. The molecule has 0 radical (unpaired) electrons. The van der Waals surface area contributed by atoms with Crippen molar-refractivity contribution in [3.8, 4) is 5.75 Å². The number of ether oxygens (including phenoxy) is 1. The van der Waals surface area contributed by atoms with Crippen molar-refractivity contribution in [3.05, 3.63) is 87.9 Å². The van der Waals surface area contributed by atoms with Gasteiger partial charge in [0.1, 0.15) is 11.7 Å². The van der Waals surface area contributed by atoms with Crippen molar-refractivity contribution in [1.82, 2.24) is 0 Å². The summed E-state index contributed by atoms with van der Waals surface area (Å²) in [5, 5.41) is 2.11. The lowest BCUT2D eigenvalue weighted by Gasteiger charge is -2.29. The van der Waals surface area contributed by atoms with E-state index in [1.165, 1.54) is 4.90 Å². The van der Waals surface area contributed by atoms with E-state index in [4.69, 9.17) is 21.2 Å². The Balaban J connectivity index is 1.60. The number of imide groups is 1. The Morgan fingerprint density at radius 1 is 0.938 bits per heavy atom. The number of carbonyl (C=O) groups excluding carboxylic acids is 2. The van der Waals surface area contributed by atoms with E-state index < -0.39 is 24.0 Å². The maximum Gasteiger partial charge on any atom is 0.266 e. The molecule has 2 fully saturated rings. The Kier molecular flexibility index (Phi) is 5.41. The third-order valence-corrected chi connectivity index (χ3v) is 6.56. The van der Waals surface area contributed by atoms with Gasteiger partial charge in [0.05, 0.1) is 29.0 Å². The lowest BCUT2D eigenvalue weighted by molar-refractivity contribution is -0.126. The second-order valence-electron chi connectivity index (χ2n) is 7.54. The number of anilines is 2. The summed E-state index contributed by atoms with van der Waals surface area (Å²) in [6, 6.07) is 21.2. The van der Waals surface area contributed by atoms with Crippen LogP contribution in [0.1, 0.15) is 11.6 Å². The molecule has 0 aliphatic carbocycles. The van der Waals surface area contributed by atoms with Gasteiger partial charge >= 0.3 is 0 Å². The molecule has 2 amide bonds. The topological polar surface area (TPSA) is 59.1 Å². The summed E-state index contributed by atoms with van der Waals surface area (Å²) in [5.41, 5.74) is 2.02. The number of para-hydroxylation sites is 1. The Morgan fingerprint density at radius 3 is 2.38 bits per heavy atom. The minimum Gasteiger partial charge on any atom is -0.496 e. The van der Waals surface area contributed by atoms with Gasteiger partial charge in [-0.1, -0.05) is 41.9 Å². The molecule has 3 atom stereocenters. The van der Waals surface area contributed by atoms with Crippen molar-refractivity contribution < 1.29 is 19.2 Å². The molecule has 5 rings (SSSR count). The summed E-state index contributed by atoms with van der Waals surface area (Å²) < 4.78 is 6.10. The van der Waals surface area contributed by atoms with Crippen molar-refractivity contribution in [2.24, 2.45) is 5.92 Å². The summed E-state index contributed by atoms with van der Waals surface area (Å²) in [4.78, 5) is 34.2. The fourth-order valence-corrected chi connectivity index (χ4v) is 5.03. The van der Waals surface area contributed by atoms with Crippen molar-refractivity contribution in [2.45, 2.75) is 12.1 Å². The summed E-state index contributed by atoms with van der Waals surface area (Å²) in [6.07, 6.45) is -0.937. The van der Waals surface area contributed by atoms with Crippen LogP contribution in [-0.2, 0) is 14.4 Å². The quantitative estimate of drug-likeness (QED) is 0.451. The number of benzene rings is 3. The molecule has 0 bridgehead atoms. The molecule has 2 aliphatic rings. The Hall–Kier alpha value is -2.87. The van der Waals surface area contributed by atoms with Gasteiger partial charge in [-0.05, 0) is 64.0 Å². The Morgan fingerprint density at radius 2 is 1.69 bits per heavy atom. The summed E-state index contributed by atoms with van der Waals surface area (Å²) in [5.74, 6) is -0.775. The highest BCUT2D eigenvalue weighted by atomic mass is 79.9. The normalized spacial score (nSPS) is 22.4. The molecule has 3 aromatic carbocycles. The maximum absolute atomic E-state index is 13.6. The zero-order valence-corrected chi connectivity index (χ0v) is 19.3. The second-order valence-corrected chi connectivity index (χ2v) is 8.83. The molecule has 0 N–H and O–H groups in total. The summed E-state index contributed by atoms with van der Waals surface area (Å²) >= 11 is 9.63. The zero-order chi connectivity index (χ0) is 22.4. The number of hydrogen-bond acceptors (Lipinski definition) is 5. The standard InChI is InChI=1S/C24H18BrClN2O4/c1-31-19-11-10-14(12-18(19)25)21-20-22(32-28(21)16-7-3-2-4-8-16)24(30)27(23(20)29)17-9-5-6-15(26)13-17/h2-13,20-22H,1H3/t20-,21+,22+/m1/s1. The number of methoxy groups -OCH3 is 1. The number of nitrogens with zero attached hydrogens (tertiary/aromatic N) is 2. The average Bonchev–Trinajstić information content (AvgIpc) is 3.30. The highest BCUT2D eigenvalue weighted by Gasteiger charge is 2.60. The molecule has 0 spiro atoms. The average molecular weight is 514 g/mol. The lowest BCUT2D eigenvalue weighted by Crippen LogP contribution is -2.37. The minimum absolute atomic E-state index is 0.322. The van der Waals surface area contributed by atoms with Crippen LogP contribution in [0.25, 0.3) is 0 Å². The first-order valence-corrected chi connectivity index (χ1v) is 11.1. The van der Waals surface area contributed by atoms with Gasteiger partial charge in [0, 0.05) is 5.02 Å². The highest BCUT2D eigenvalue weighted by Crippen LogP contribution is 2.48. The molecular formula is C24H18BrClN2O4. The molecule has 2 aliphatic heterocycles. The number of halogens is 2. The van der Waals surface area contributed by atoms with Gasteiger partial charge in [-0.3, -0.25) is 14.4 Å². The van der Waals surface area contributed by atoms with Gasteiger partial charge in [0.15, 0.2) is 6.10 Å². The van der Waals surface area contributed by atoms with Gasteiger partial charge in [-0.2, -0.15) is 0 Å². The summed E-state index contributed by atoms with van der Waals surface area (Å²) in [6.45, 7) is 0. The molecule has 32 heavy (non-hydrogen) atoms. The molecule has 2 heterocycles. The first-order chi connectivity index (χ1) is 15.5. The number of fused-ring (bicyclic) bond motifs is 1. The van der Waals surface area contributed by atoms with E-state index in [1.807, 2.05) is 48.5 Å². The van der Waals surface area contributed by atoms with Crippen molar-refractivity contribution >= 4 is 50.7 Å². The van der Waals surface area contributed by atoms with E-state index in [9.17, 15) is 9.59 Å². The first kappa shape index (κ1) is 21.0. The molecule has 0 aromatic heterocycles. The van der Waals surface area contributed by atoms with E-state index >= 15 is 0 Å². The van der Waals surface area contributed by atoms with Crippen LogP contribution in [-0.4, -0.2) is 25.0 Å². The fourth-order valence-electron chi connectivity index (χ4n) is 4.29. The smallest absolute Gasteiger partial charge is 0.266 e. The zero-order valence-electron chi connectivity index (χ0n) is 16.9. The van der Waals surface area contributed by atoms with Crippen molar-refractivity contribution in [3.63, 3.8) is 0 Å². The monoisotopic (exact) mass is 512 g/mol. The molecule has 6 nitrogen and oxygen atoms in total. The fraction of sp³-hybridized carbons (Fsp3) is 0.167. The second kappa shape index (κ2) is 8.24. The van der Waals surface area contributed by atoms with Crippen LogP contribution in [0.3, 0.4) is 0 Å². The molecule has 0 unspecified atom stereocenters. The number of amides is 2. The van der Waals surface area contributed by atoms with Gasteiger partial charge in [0.2, 0.25) is 5.91 Å². The van der Waals surface area contributed by atoms with Crippen molar-refractivity contribution in [1.29, 1.82) is 0 Å². The third kappa shape index (κ3) is 3.37. The minimum atomic E-state index is -0.937. The molecule has 3 aromatic rings. The van der Waals surface area contributed by atoms with Crippen LogP contribution in [0, 0.1) is 5.92 Å². The predicted molar refractivity (Wildman–Crippen MR) is 125 cm³/mol. The molecule has 0 saturated carbocycles. The van der Waals surface area contributed by atoms with Gasteiger partial charge in [-0.15, -0.1) is 0 Å². The Bertz CT molecular complexity index is 1210. The largest absolute Gasteiger partial charge is 0.496 e. The number of hydrogen-bond donors (Lipinski definition) is 0. The Labute approximate surface area is 198 Å². The van der Waals surface area contributed by atoms with E-state index in [-0.39, 0.29) is 5.91 Å². The van der Waals surface area contributed by atoms with Gasteiger partial charge in [-0.25, -0.2) is 9.96 Å². The summed E-state index contributed by atoms with van der Waals surface area (Å²) in [7, 11) is 1.59. The van der Waals surface area contributed by atoms with Crippen LogP contribution in [0.15, 0.2) is 77.3 Å². The van der Waals surface area contributed by atoms with E-state index in [2.05, 4.69) is 15.9 Å². The van der Waals surface area contributed by atoms with Gasteiger partial charge in [0.25, 0.3) is 5.91 Å². The van der Waals surface area contributed by atoms with E-state index in [1.54, 1.807) is 36.4 Å². The van der Waals surface area contributed by atoms with Crippen LogP contribution < -0.4 is 14.7 Å². The van der Waals surface area contributed by atoms with Crippen LogP contribution in [0.4, 0.5) is 11.4 Å². The van der Waals surface area contributed by atoms with Crippen LogP contribution in [0.2, 0.25) is 5.02 Å². The van der Waals surface area contributed by atoms with E-state index in [0.29, 0.717) is 16.5 Å². The molecule has 2 saturated heterocycles. The SMILES string of the molecule is COc1ccc([C@H]2[C@H]3C(=O)N(c4cccc(Cl)c4)C(=O)[C@H]3ON2c2ccccc2)cc1Br. The van der Waals surface area contributed by atoms with Crippen molar-refractivity contribution in [2.75, 3.05) is 17.1 Å². The predicted octanol–water partition coefficient (Wildman–Crippen LogP) is 5.16. The van der Waals surface area contributed by atoms with E-state index in [0.717, 1.165) is 15.7 Å². The molecule has 162 valence electrons. The molecule has 8 heteroatoms. The maximum atomic E-state index is 13.6.